The number of hydrogen-bond donors (Lipinski definition) is 2. The molecule has 0 spiro atoms. The summed E-state index contributed by atoms with van der Waals surface area (Å²) < 4.78 is 5.26. The molecule has 0 heterocycles. The molecular formula is C17H16O5. The lowest BCUT2D eigenvalue weighted by atomic mass is 9.95. The summed E-state index contributed by atoms with van der Waals surface area (Å²) in [6.07, 6.45) is 0. The van der Waals surface area contributed by atoms with Gasteiger partial charge in [-0.1, -0.05) is 32.0 Å². The Morgan fingerprint density at radius 3 is 2.23 bits per heavy atom. The average molecular weight is 300 g/mol. The zero-order chi connectivity index (χ0) is 16.3. The summed E-state index contributed by atoms with van der Waals surface area (Å²) >= 11 is 0. The van der Waals surface area contributed by atoms with Gasteiger partial charge in [-0.25, -0.2) is 9.59 Å². The zero-order valence-electron chi connectivity index (χ0n) is 12.2. The minimum absolute atomic E-state index is 0.00339. The first-order valence-electron chi connectivity index (χ1n) is 6.78. The van der Waals surface area contributed by atoms with Crippen molar-refractivity contribution in [3.8, 4) is 11.5 Å². The van der Waals surface area contributed by atoms with Gasteiger partial charge in [0.2, 0.25) is 0 Å². The lowest BCUT2D eigenvalue weighted by Gasteiger charge is -2.16. The summed E-state index contributed by atoms with van der Waals surface area (Å²) in [7, 11) is 0. The first-order valence-corrected chi connectivity index (χ1v) is 6.78. The Hall–Kier alpha value is -2.82. The molecular weight excluding hydrogens is 284 g/mol. The number of aromatic carboxylic acids is 1. The van der Waals surface area contributed by atoms with Gasteiger partial charge in [-0.05, 0) is 30.2 Å². The van der Waals surface area contributed by atoms with Crippen molar-refractivity contribution in [3.05, 3.63) is 59.2 Å². The highest BCUT2D eigenvalue weighted by Gasteiger charge is 2.23. The minimum atomic E-state index is -1.14. The normalized spacial score (nSPS) is 10.5. The van der Waals surface area contributed by atoms with E-state index in [1.165, 1.54) is 12.1 Å². The number of hydrogen-bond acceptors (Lipinski definition) is 4. The third-order valence-electron chi connectivity index (χ3n) is 3.19. The molecule has 0 saturated heterocycles. The number of carboxylic acids is 1. The number of carboxylic acid groups (broad SMARTS) is 1. The average Bonchev–Trinajstić information content (AvgIpc) is 2.49. The highest BCUT2D eigenvalue weighted by Crippen LogP contribution is 2.38. The molecule has 0 radical (unpaired) electrons. The van der Waals surface area contributed by atoms with Gasteiger partial charge in [-0.15, -0.1) is 0 Å². The predicted molar refractivity (Wildman–Crippen MR) is 80.6 cm³/mol. The lowest BCUT2D eigenvalue weighted by Crippen LogP contribution is -2.13. The number of aromatic hydroxyl groups is 1. The van der Waals surface area contributed by atoms with Crippen LogP contribution in [-0.4, -0.2) is 22.2 Å². The zero-order valence-corrected chi connectivity index (χ0v) is 12.2. The molecule has 0 bridgehead atoms. The van der Waals surface area contributed by atoms with Crippen molar-refractivity contribution in [3.63, 3.8) is 0 Å². The molecule has 0 fully saturated rings. The first kappa shape index (κ1) is 15.6. The van der Waals surface area contributed by atoms with Crippen LogP contribution in [-0.2, 0) is 0 Å². The summed E-state index contributed by atoms with van der Waals surface area (Å²) in [5.74, 6) is -2.40. The summed E-state index contributed by atoms with van der Waals surface area (Å²) in [6.45, 7) is 3.53. The molecule has 2 N–H and O–H groups in total. The van der Waals surface area contributed by atoms with Crippen LogP contribution in [0.3, 0.4) is 0 Å². The van der Waals surface area contributed by atoms with Gasteiger partial charge in [0.15, 0.2) is 11.5 Å². The van der Waals surface area contributed by atoms with E-state index in [0.29, 0.717) is 5.56 Å². The maximum Gasteiger partial charge on any atom is 0.343 e. The van der Waals surface area contributed by atoms with E-state index in [2.05, 4.69) is 0 Å². The number of ether oxygens (including phenoxy) is 1. The molecule has 0 aromatic heterocycles. The second-order valence-corrected chi connectivity index (χ2v) is 5.09. The van der Waals surface area contributed by atoms with Gasteiger partial charge in [0.05, 0.1) is 11.1 Å². The Morgan fingerprint density at radius 1 is 1.05 bits per heavy atom. The molecule has 0 amide bonds. The smallest absolute Gasteiger partial charge is 0.343 e. The minimum Gasteiger partial charge on any atom is -0.504 e. The van der Waals surface area contributed by atoms with Crippen molar-refractivity contribution in [2.24, 2.45) is 0 Å². The molecule has 114 valence electrons. The molecule has 5 nitrogen and oxygen atoms in total. The van der Waals surface area contributed by atoms with Gasteiger partial charge in [-0.3, -0.25) is 0 Å². The van der Waals surface area contributed by atoms with E-state index in [0.717, 1.165) is 0 Å². The number of phenolic OH excluding ortho intramolecular Hbond substituents is 1. The number of rotatable bonds is 4. The molecule has 5 heteroatoms. The van der Waals surface area contributed by atoms with E-state index in [4.69, 9.17) is 4.74 Å². The Bertz CT molecular complexity index is 704. The highest BCUT2D eigenvalue weighted by atomic mass is 16.5. The fourth-order valence-corrected chi connectivity index (χ4v) is 2.18. The first-order chi connectivity index (χ1) is 10.4. The molecule has 22 heavy (non-hydrogen) atoms. The molecule has 2 rings (SSSR count). The third-order valence-corrected chi connectivity index (χ3v) is 3.19. The number of esters is 1. The molecule has 0 unspecified atom stereocenters. The van der Waals surface area contributed by atoms with Gasteiger partial charge < -0.3 is 14.9 Å². The van der Waals surface area contributed by atoms with E-state index < -0.39 is 11.9 Å². The van der Waals surface area contributed by atoms with Gasteiger partial charge in [0.1, 0.15) is 0 Å². The third kappa shape index (κ3) is 3.09. The summed E-state index contributed by atoms with van der Waals surface area (Å²) in [4.78, 5) is 23.5. The van der Waals surface area contributed by atoms with Gasteiger partial charge >= 0.3 is 11.9 Å². The molecule has 0 saturated carbocycles. The van der Waals surface area contributed by atoms with Gasteiger partial charge in [0, 0.05) is 5.56 Å². The van der Waals surface area contributed by atoms with Crippen LogP contribution in [0.25, 0.3) is 0 Å². The van der Waals surface area contributed by atoms with Gasteiger partial charge in [-0.2, -0.15) is 0 Å². The molecule has 0 aliphatic rings. The quantitative estimate of drug-likeness (QED) is 0.667. The number of benzene rings is 2. The van der Waals surface area contributed by atoms with Crippen molar-refractivity contribution in [2.45, 2.75) is 19.8 Å². The Labute approximate surface area is 127 Å². The van der Waals surface area contributed by atoms with Crippen molar-refractivity contribution >= 4 is 11.9 Å². The SMILES string of the molecule is CC(C)c1c(C(=O)O)ccc(O)c1OC(=O)c1ccccc1. The summed E-state index contributed by atoms with van der Waals surface area (Å²) in [5.41, 5.74) is 0.609. The van der Waals surface area contributed by atoms with E-state index in [1.54, 1.807) is 44.2 Å². The topological polar surface area (TPSA) is 83.8 Å². The predicted octanol–water partition coefficient (Wildman–Crippen LogP) is 3.43. The van der Waals surface area contributed by atoms with Crippen LogP contribution in [0.1, 0.15) is 46.0 Å². The molecule has 2 aromatic carbocycles. The number of carbonyl (C=O) groups excluding carboxylic acids is 1. The summed E-state index contributed by atoms with van der Waals surface area (Å²) in [6, 6.07) is 10.8. The molecule has 0 aliphatic heterocycles. The fraction of sp³-hybridized carbons (Fsp3) is 0.176. The Balaban J connectivity index is 2.48. The van der Waals surface area contributed by atoms with Crippen molar-refractivity contribution in [1.82, 2.24) is 0 Å². The Morgan fingerprint density at radius 2 is 1.68 bits per heavy atom. The number of carbonyl (C=O) groups is 2. The number of phenols is 1. The van der Waals surface area contributed by atoms with Gasteiger partial charge in [0.25, 0.3) is 0 Å². The fourth-order valence-electron chi connectivity index (χ4n) is 2.18. The van der Waals surface area contributed by atoms with E-state index >= 15 is 0 Å². The van der Waals surface area contributed by atoms with Crippen molar-refractivity contribution in [1.29, 1.82) is 0 Å². The lowest BCUT2D eigenvalue weighted by molar-refractivity contribution is 0.0683. The standard InChI is InChI=1S/C17H16O5/c1-10(2)14-12(16(19)20)8-9-13(18)15(14)22-17(21)11-6-4-3-5-7-11/h3-10,18H,1-2H3,(H,19,20). The van der Waals surface area contributed by atoms with Crippen LogP contribution in [0.4, 0.5) is 0 Å². The van der Waals surface area contributed by atoms with Crippen LogP contribution in [0, 0.1) is 0 Å². The monoisotopic (exact) mass is 300 g/mol. The van der Waals surface area contributed by atoms with E-state index in [1.807, 2.05) is 0 Å². The van der Waals surface area contributed by atoms with Crippen LogP contribution in [0.5, 0.6) is 11.5 Å². The second kappa shape index (κ2) is 6.30. The maximum atomic E-state index is 12.1. The second-order valence-electron chi connectivity index (χ2n) is 5.09. The molecule has 0 atom stereocenters. The molecule has 2 aromatic rings. The highest BCUT2D eigenvalue weighted by molar-refractivity contribution is 5.94. The van der Waals surface area contributed by atoms with E-state index in [-0.39, 0.29) is 28.5 Å². The summed E-state index contributed by atoms with van der Waals surface area (Å²) in [5, 5.41) is 19.2. The van der Waals surface area contributed by atoms with Crippen molar-refractivity contribution in [2.75, 3.05) is 0 Å². The molecule has 0 aliphatic carbocycles. The maximum absolute atomic E-state index is 12.1. The van der Waals surface area contributed by atoms with Crippen LogP contribution in [0.15, 0.2) is 42.5 Å². The van der Waals surface area contributed by atoms with E-state index in [9.17, 15) is 19.8 Å². The van der Waals surface area contributed by atoms with Crippen LogP contribution >= 0.6 is 0 Å². The van der Waals surface area contributed by atoms with Crippen LogP contribution in [0.2, 0.25) is 0 Å². The van der Waals surface area contributed by atoms with Crippen molar-refractivity contribution < 1.29 is 24.5 Å². The van der Waals surface area contributed by atoms with Crippen LogP contribution < -0.4 is 4.74 Å². The largest absolute Gasteiger partial charge is 0.504 e. The Kier molecular flexibility index (Phi) is 4.46.